The molecule has 0 aliphatic heterocycles. The van der Waals surface area contributed by atoms with Crippen molar-refractivity contribution < 1.29 is 14.3 Å². The summed E-state index contributed by atoms with van der Waals surface area (Å²) in [4.78, 5) is 27.7. The predicted molar refractivity (Wildman–Crippen MR) is 153 cm³/mol. The number of anilines is 1. The largest absolute Gasteiger partial charge is 0.497 e. The lowest BCUT2D eigenvalue weighted by Gasteiger charge is -2.22. The number of rotatable bonds is 11. The topological polar surface area (TPSA) is 58.6 Å². The third-order valence-corrected chi connectivity index (χ3v) is 6.15. The van der Waals surface area contributed by atoms with Gasteiger partial charge in [-0.1, -0.05) is 84.9 Å². The Morgan fingerprint density at radius 2 is 1.47 bits per heavy atom. The molecule has 5 nitrogen and oxygen atoms in total. The maximum Gasteiger partial charge on any atom is 0.251 e. The molecular weight excluding hydrogens is 472 g/mol. The van der Waals surface area contributed by atoms with Gasteiger partial charge >= 0.3 is 0 Å². The molecule has 0 saturated carbocycles. The first-order valence-corrected chi connectivity index (χ1v) is 12.7. The Labute approximate surface area is 224 Å². The molecule has 4 aromatic carbocycles. The molecule has 0 spiro atoms. The summed E-state index contributed by atoms with van der Waals surface area (Å²) in [5.41, 5.74) is 4.71. The van der Waals surface area contributed by atoms with Gasteiger partial charge in [0.15, 0.2) is 0 Å². The minimum atomic E-state index is -0.126. The van der Waals surface area contributed by atoms with Gasteiger partial charge in [-0.05, 0) is 59.0 Å². The molecule has 4 aromatic rings. The second kappa shape index (κ2) is 13.6. The molecule has 2 amide bonds. The summed E-state index contributed by atoms with van der Waals surface area (Å²) >= 11 is 0. The minimum absolute atomic E-state index is 0.0550. The van der Waals surface area contributed by atoms with Crippen molar-refractivity contribution >= 4 is 23.6 Å². The highest BCUT2D eigenvalue weighted by molar-refractivity contribution is 6.03. The molecule has 0 atom stereocenters. The minimum Gasteiger partial charge on any atom is -0.497 e. The normalized spacial score (nSPS) is 10.8. The van der Waals surface area contributed by atoms with E-state index >= 15 is 0 Å². The van der Waals surface area contributed by atoms with E-state index in [1.54, 1.807) is 18.1 Å². The van der Waals surface area contributed by atoms with E-state index in [-0.39, 0.29) is 18.2 Å². The quantitative estimate of drug-likeness (QED) is 0.261. The summed E-state index contributed by atoms with van der Waals surface area (Å²) < 4.78 is 5.19. The fourth-order valence-electron chi connectivity index (χ4n) is 4.10. The smallest absolute Gasteiger partial charge is 0.251 e. The molecular formula is C33H32N2O3. The van der Waals surface area contributed by atoms with Crippen molar-refractivity contribution in [1.82, 2.24) is 5.32 Å². The van der Waals surface area contributed by atoms with Crippen LogP contribution in [0.15, 0.2) is 115 Å². The number of carbonyl (C=O) groups excluding carboxylic acids is 2. The fourth-order valence-corrected chi connectivity index (χ4v) is 4.10. The lowest BCUT2D eigenvalue weighted by atomic mass is 10.1. The van der Waals surface area contributed by atoms with E-state index in [9.17, 15) is 9.59 Å². The number of carbonyl (C=O) groups is 2. The number of amides is 2. The first-order chi connectivity index (χ1) is 18.6. The zero-order valence-corrected chi connectivity index (χ0v) is 21.5. The van der Waals surface area contributed by atoms with Crippen LogP contribution in [0.2, 0.25) is 0 Å². The van der Waals surface area contributed by atoms with Crippen LogP contribution in [0.4, 0.5) is 5.69 Å². The molecule has 0 aromatic heterocycles. The van der Waals surface area contributed by atoms with E-state index in [1.165, 1.54) is 0 Å². The number of nitrogens with zero attached hydrogens (tertiary/aromatic N) is 1. The van der Waals surface area contributed by atoms with Crippen molar-refractivity contribution in [1.29, 1.82) is 0 Å². The van der Waals surface area contributed by atoms with Crippen molar-refractivity contribution in [3.8, 4) is 5.75 Å². The van der Waals surface area contributed by atoms with Gasteiger partial charge in [0, 0.05) is 18.3 Å². The Hall–Kier alpha value is -4.64. The zero-order valence-electron chi connectivity index (χ0n) is 21.5. The lowest BCUT2D eigenvalue weighted by Crippen LogP contribution is -2.29. The van der Waals surface area contributed by atoms with E-state index in [4.69, 9.17) is 4.74 Å². The Morgan fingerprint density at radius 1 is 0.789 bits per heavy atom. The molecule has 0 fully saturated rings. The van der Waals surface area contributed by atoms with E-state index in [0.717, 1.165) is 40.1 Å². The van der Waals surface area contributed by atoms with Gasteiger partial charge in [-0.3, -0.25) is 9.59 Å². The van der Waals surface area contributed by atoms with Crippen LogP contribution in [-0.2, 0) is 29.0 Å². The summed E-state index contributed by atoms with van der Waals surface area (Å²) in [7, 11) is 1.64. The maximum atomic E-state index is 13.3. The number of ether oxygens (including phenoxy) is 1. The summed E-state index contributed by atoms with van der Waals surface area (Å²) in [5, 5.41) is 3.00. The molecule has 192 valence electrons. The van der Waals surface area contributed by atoms with Crippen LogP contribution in [0.3, 0.4) is 0 Å². The summed E-state index contributed by atoms with van der Waals surface area (Å²) in [5.74, 6) is 0.632. The Balaban J connectivity index is 1.42. The Bertz CT molecular complexity index is 1350. The highest BCUT2D eigenvalue weighted by Crippen LogP contribution is 2.21. The highest BCUT2D eigenvalue weighted by Gasteiger charge is 2.15. The van der Waals surface area contributed by atoms with Gasteiger partial charge in [0.2, 0.25) is 5.91 Å². The molecule has 0 unspecified atom stereocenters. The number of benzene rings is 4. The van der Waals surface area contributed by atoms with Crippen LogP contribution in [0.1, 0.15) is 22.3 Å². The first kappa shape index (κ1) is 26.4. The van der Waals surface area contributed by atoms with Gasteiger partial charge < -0.3 is 15.0 Å². The first-order valence-electron chi connectivity index (χ1n) is 12.7. The fraction of sp³-hybridized carbons (Fsp3) is 0.152. The third-order valence-electron chi connectivity index (χ3n) is 6.15. The van der Waals surface area contributed by atoms with Crippen LogP contribution >= 0.6 is 0 Å². The molecule has 0 radical (unpaired) electrons. The van der Waals surface area contributed by atoms with Gasteiger partial charge in [0.1, 0.15) is 5.75 Å². The lowest BCUT2D eigenvalue weighted by molar-refractivity contribution is -0.120. The van der Waals surface area contributed by atoms with Gasteiger partial charge in [-0.15, -0.1) is 0 Å². The number of hydrogen-bond donors (Lipinski definition) is 1. The van der Waals surface area contributed by atoms with Gasteiger partial charge in [-0.25, -0.2) is 0 Å². The SMILES string of the molecule is COc1ccc(CCNC(=O)Cc2cccc(N(Cc3ccccc3)C(=O)/C=C/c3ccccc3)c2)cc1. The number of methoxy groups -OCH3 is 1. The molecule has 0 heterocycles. The summed E-state index contributed by atoms with van der Waals surface area (Å²) in [6.45, 7) is 0.976. The van der Waals surface area contributed by atoms with Crippen LogP contribution < -0.4 is 15.0 Å². The second-order valence-corrected chi connectivity index (χ2v) is 8.95. The van der Waals surface area contributed by atoms with Crippen LogP contribution in [0, 0.1) is 0 Å². The van der Waals surface area contributed by atoms with Crippen LogP contribution in [-0.4, -0.2) is 25.5 Å². The van der Waals surface area contributed by atoms with E-state index in [1.807, 2.05) is 115 Å². The average molecular weight is 505 g/mol. The van der Waals surface area contributed by atoms with Gasteiger partial charge in [-0.2, -0.15) is 0 Å². The molecule has 0 bridgehead atoms. The highest BCUT2D eigenvalue weighted by atomic mass is 16.5. The van der Waals surface area contributed by atoms with Crippen molar-refractivity contribution in [3.63, 3.8) is 0 Å². The number of nitrogens with one attached hydrogen (secondary N) is 1. The molecule has 4 rings (SSSR count). The zero-order chi connectivity index (χ0) is 26.6. The van der Waals surface area contributed by atoms with Gasteiger partial charge in [0.25, 0.3) is 5.91 Å². The van der Waals surface area contributed by atoms with Crippen LogP contribution in [0.25, 0.3) is 6.08 Å². The maximum absolute atomic E-state index is 13.3. The molecule has 0 aliphatic rings. The molecule has 0 saturated heterocycles. The molecule has 5 heteroatoms. The Kier molecular flexibility index (Phi) is 9.46. The van der Waals surface area contributed by atoms with Crippen molar-refractivity contribution in [2.24, 2.45) is 0 Å². The summed E-state index contributed by atoms with van der Waals surface area (Å²) in [6, 6.07) is 35.1. The van der Waals surface area contributed by atoms with Crippen molar-refractivity contribution in [2.45, 2.75) is 19.4 Å². The van der Waals surface area contributed by atoms with Crippen molar-refractivity contribution in [2.75, 3.05) is 18.6 Å². The second-order valence-electron chi connectivity index (χ2n) is 8.95. The van der Waals surface area contributed by atoms with Crippen molar-refractivity contribution in [3.05, 3.63) is 138 Å². The van der Waals surface area contributed by atoms with Crippen LogP contribution in [0.5, 0.6) is 5.75 Å². The van der Waals surface area contributed by atoms with E-state index in [2.05, 4.69) is 5.32 Å². The predicted octanol–water partition coefficient (Wildman–Crippen LogP) is 5.84. The van der Waals surface area contributed by atoms with Gasteiger partial charge in [0.05, 0.1) is 20.1 Å². The summed E-state index contributed by atoms with van der Waals surface area (Å²) in [6.07, 6.45) is 4.39. The van der Waals surface area contributed by atoms with E-state index < -0.39 is 0 Å². The Morgan fingerprint density at radius 3 is 2.18 bits per heavy atom. The average Bonchev–Trinajstić information content (AvgIpc) is 2.96. The van der Waals surface area contributed by atoms with E-state index in [0.29, 0.717) is 13.1 Å². The third kappa shape index (κ3) is 7.93. The molecule has 38 heavy (non-hydrogen) atoms. The standard InChI is InChI=1S/C33H32N2O3/c1-38-31-18-15-27(16-19-31)21-22-34-32(36)24-29-13-8-14-30(23-29)35(25-28-11-6-3-7-12-28)33(37)20-17-26-9-4-2-5-10-26/h2-20,23H,21-22,24-25H2,1H3,(H,34,36)/b20-17+. The molecule has 0 aliphatic carbocycles. The molecule has 1 N–H and O–H groups in total. The monoisotopic (exact) mass is 504 g/mol. The number of hydrogen-bond acceptors (Lipinski definition) is 3.